The summed E-state index contributed by atoms with van der Waals surface area (Å²) in [7, 11) is 0. The molecule has 0 fully saturated rings. The van der Waals surface area contributed by atoms with Crippen LogP contribution in [-0.4, -0.2) is 14.5 Å². The molecule has 0 aliphatic heterocycles. The summed E-state index contributed by atoms with van der Waals surface area (Å²) >= 11 is 0. The lowest BCUT2D eigenvalue weighted by atomic mass is 9.82. The molecule has 7 aromatic rings. The smallest absolute Gasteiger partial charge is 0.162 e. The van der Waals surface area contributed by atoms with Gasteiger partial charge in [-0.25, -0.2) is 9.97 Å². The van der Waals surface area contributed by atoms with Crippen LogP contribution in [-0.2, 0) is 10.8 Å². The lowest BCUT2D eigenvalue weighted by Crippen LogP contribution is -2.19. The molecule has 0 amide bonds. The van der Waals surface area contributed by atoms with Crippen molar-refractivity contribution in [3.05, 3.63) is 138 Å². The zero-order valence-corrected chi connectivity index (χ0v) is 24.8. The molecule has 0 spiro atoms. The molecule has 0 atom stereocenters. The summed E-state index contributed by atoms with van der Waals surface area (Å²) < 4.78 is 2.42. The first-order chi connectivity index (χ1) is 20.9. The average Bonchev–Trinajstić information content (AvgIpc) is 3.58. The molecule has 2 heterocycles. The third kappa shape index (κ3) is 3.09. The van der Waals surface area contributed by atoms with E-state index in [4.69, 9.17) is 9.97 Å². The van der Waals surface area contributed by atoms with Gasteiger partial charge in [-0.15, -0.1) is 0 Å². The van der Waals surface area contributed by atoms with Gasteiger partial charge >= 0.3 is 0 Å². The summed E-state index contributed by atoms with van der Waals surface area (Å²) in [6, 6.07) is 41.6. The molecule has 2 aromatic heterocycles. The molecule has 3 heteroatoms. The maximum absolute atomic E-state index is 5.45. The van der Waals surface area contributed by atoms with E-state index in [0.29, 0.717) is 0 Å². The summed E-state index contributed by atoms with van der Waals surface area (Å²) in [4.78, 5) is 10.7. The molecular weight excluding hydrogens is 522 g/mol. The van der Waals surface area contributed by atoms with Crippen molar-refractivity contribution in [2.45, 2.75) is 38.5 Å². The molecule has 0 saturated heterocycles. The van der Waals surface area contributed by atoms with Crippen LogP contribution in [0, 0.1) is 0 Å². The Morgan fingerprint density at radius 3 is 1.98 bits per heavy atom. The van der Waals surface area contributed by atoms with E-state index in [1.165, 1.54) is 60.8 Å². The number of fused-ring (bicyclic) bond motifs is 10. The number of aromatic nitrogens is 3. The Morgan fingerprint density at radius 2 is 1.19 bits per heavy atom. The largest absolute Gasteiger partial charge is 0.293 e. The molecule has 0 N–H and O–H groups in total. The summed E-state index contributed by atoms with van der Waals surface area (Å²) in [5.41, 5.74) is 13.2. The van der Waals surface area contributed by atoms with Gasteiger partial charge in [0.1, 0.15) is 5.82 Å². The Labute approximate surface area is 251 Å². The van der Waals surface area contributed by atoms with E-state index in [-0.39, 0.29) is 10.8 Å². The Balaban J connectivity index is 1.46. The average molecular weight is 554 g/mol. The highest BCUT2D eigenvalue weighted by Crippen LogP contribution is 2.55. The van der Waals surface area contributed by atoms with Crippen LogP contribution in [0.3, 0.4) is 0 Å². The zero-order chi connectivity index (χ0) is 29.1. The van der Waals surface area contributed by atoms with Gasteiger partial charge in [0, 0.05) is 38.3 Å². The van der Waals surface area contributed by atoms with Crippen molar-refractivity contribution in [2.24, 2.45) is 0 Å². The van der Waals surface area contributed by atoms with E-state index in [0.717, 1.165) is 22.9 Å². The van der Waals surface area contributed by atoms with Crippen LogP contribution in [0.4, 0.5) is 0 Å². The number of hydrogen-bond donors (Lipinski definition) is 0. The highest BCUT2D eigenvalue weighted by Gasteiger charge is 2.42. The van der Waals surface area contributed by atoms with Crippen molar-refractivity contribution in [1.29, 1.82) is 0 Å². The minimum Gasteiger partial charge on any atom is -0.293 e. The van der Waals surface area contributed by atoms with E-state index in [1.54, 1.807) is 0 Å². The Bertz CT molecular complexity index is 2290. The number of rotatable bonds is 2. The number of hydrogen-bond acceptors (Lipinski definition) is 2. The molecular formula is C40H31N3. The van der Waals surface area contributed by atoms with Crippen LogP contribution in [0.25, 0.3) is 61.4 Å². The minimum atomic E-state index is -0.264. The predicted octanol–water partition coefficient (Wildman–Crippen LogP) is 9.85. The first kappa shape index (κ1) is 24.6. The van der Waals surface area contributed by atoms with Crippen molar-refractivity contribution < 1.29 is 0 Å². The third-order valence-corrected chi connectivity index (χ3v) is 10.00. The van der Waals surface area contributed by atoms with Gasteiger partial charge in [0.05, 0.1) is 16.7 Å². The second-order valence-corrected chi connectivity index (χ2v) is 13.0. The number of para-hydroxylation sites is 1. The molecule has 2 aliphatic rings. The molecule has 43 heavy (non-hydrogen) atoms. The first-order valence-corrected chi connectivity index (χ1v) is 15.1. The Hall–Kier alpha value is -5.02. The van der Waals surface area contributed by atoms with Crippen LogP contribution in [0.15, 0.2) is 115 Å². The van der Waals surface area contributed by atoms with Crippen molar-refractivity contribution in [3.63, 3.8) is 0 Å². The molecule has 9 rings (SSSR count). The molecule has 0 unspecified atom stereocenters. The summed E-state index contributed by atoms with van der Waals surface area (Å²) in [6.07, 6.45) is 0. The van der Waals surface area contributed by atoms with Crippen molar-refractivity contribution in [3.8, 4) is 39.6 Å². The van der Waals surface area contributed by atoms with E-state index in [1.807, 2.05) is 6.07 Å². The van der Waals surface area contributed by atoms with Crippen LogP contribution in [0.2, 0.25) is 0 Å². The monoisotopic (exact) mass is 553 g/mol. The van der Waals surface area contributed by atoms with Crippen LogP contribution >= 0.6 is 0 Å². The fourth-order valence-corrected chi connectivity index (χ4v) is 7.95. The molecule has 206 valence electrons. The predicted molar refractivity (Wildman–Crippen MR) is 177 cm³/mol. The van der Waals surface area contributed by atoms with Crippen molar-refractivity contribution in [1.82, 2.24) is 14.5 Å². The minimum absolute atomic E-state index is 0.0659. The Kier molecular flexibility index (Phi) is 4.74. The lowest BCUT2D eigenvalue weighted by Gasteiger charge is -2.24. The van der Waals surface area contributed by atoms with Gasteiger partial charge in [0.15, 0.2) is 5.82 Å². The lowest BCUT2D eigenvalue weighted by molar-refractivity contribution is 0.650. The fraction of sp³-hybridized carbons (Fsp3) is 0.150. The first-order valence-electron chi connectivity index (χ1n) is 15.1. The third-order valence-electron chi connectivity index (χ3n) is 10.00. The van der Waals surface area contributed by atoms with Gasteiger partial charge in [0.25, 0.3) is 0 Å². The number of benzene rings is 5. The highest BCUT2D eigenvalue weighted by molar-refractivity contribution is 6.18. The van der Waals surface area contributed by atoms with Gasteiger partial charge < -0.3 is 0 Å². The topological polar surface area (TPSA) is 30.7 Å². The van der Waals surface area contributed by atoms with Crippen molar-refractivity contribution in [2.75, 3.05) is 0 Å². The second kappa shape index (κ2) is 8.29. The molecule has 0 radical (unpaired) electrons. The van der Waals surface area contributed by atoms with Gasteiger partial charge in [-0.05, 0) is 39.9 Å². The van der Waals surface area contributed by atoms with Gasteiger partial charge in [-0.1, -0.05) is 131 Å². The summed E-state index contributed by atoms with van der Waals surface area (Å²) in [5.74, 6) is 1.71. The van der Waals surface area contributed by atoms with Crippen LogP contribution < -0.4 is 0 Å². The SMILES string of the molecule is CC1(C)c2ccccc2-c2c1ccc1c2c2ccccc2n1-c1nc(-c2ccccc2)nc2c1C(C)(C)c1ccccc1-2. The summed E-state index contributed by atoms with van der Waals surface area (Å²) in [6.45, 7) is 9.34. The molecule has 5 aromatic carbocycles. The molecule has 0 saturated carbocycles. The normalized spacial score (nSPS) is 15.3. The number of nitrogens with zero attached hydrogens (tertiary/aromatic N) is 3. The summed E-state index contributed by atoms with van der Waals surface area (Å²) in [5, 5.41) is 2.55. The highest BCUT2D eigenvalue weighted by atomic mass is 15.1. The molecule has 0 bridgehead atoms. The van der Waals surface area contributed by atoms with E-state index >= 15 is 0 Å². The van der Waals surface area contributed by atoms with Crippen LogP contribution in [0.1, 0.15) is 49.9 Å². The Morgan fingerprint density at radius 1 is 0.535 bits per heavy atom. The van der Waals surface area contributed by atoms with Crippen LogP contribution in [0.5, 0.6) is 0 Å². The molecule has 2 aliphatic carbocycles. The fourth-order valence-electron chi connectivity index (χ4n) is 7.95. The van der Waals surface area contributed by atoms with Crippen molar-refractivity contribution >= 4 is 21.8 Å². The quantitative estimate of drug-likeness (QED) is 0.213. The van der Waals surface area contributed by atoms with E-state index in [2.05, 4.69) is 141 Å². The molecule has 3 nitrogen and oxygen atoms in total. The van der Waals surface area contributed by atoms with Gasteiger partial charge in [0.2, 0.25) is 0 Å². The zero-order valence-electron chi connectivity index (χ0n) is 24.8. The maximum atomic E-state index is 5.45. The second-order valence-electron chi connectivity index (χ2n) is 13.0. The van der Waals surface area contributed by atoms with E-state index in [9.17, 15) is 0 Å². The van der Waals surface area contributed by atoms with Gasteiger partial charge in [-0.2, -0.15) is 0 Å². The maximum Gasteiger partial charge on any atom is 0.162 e. The van der Waals surface area contributed by atoms with E-state index < -0.39 is 0 Å². The van der Waals surface area contributed by atoms with Gasteiger partial charge in [-0.3, -0.25) is 4.57 Å². The standard InChI is InChI=1S/C40H31N3/c1-39(2)28-19-11-8-16-25(28)33-30(39)22-23-32-34(33)27-18-10-13-21-31(27)43(32)38-35-36(26-17-9-12-20-29(26)40(35,3)4)41-37(42-38)24-14-6-5-7-15-24/h5-23H,1-4H3.